The predicted octanol–water partition coefficient (Wildman–Crippen LogP) is 3.58. The van der Waals surface area contributed by atoms with Crippen molar-refractivity contribution in [1.29, 1.82) is 0 Å². The van der Waals surface area contributed by atoms with Gasteiger partial charge in [0.25, 0.3) is 10.0 Å². The highest BCUT2D eigenvalue weighted by molar-refractivity contribution is 7.92. The summed E-state index contributed by atoms with van der Waals surface area (Å²) < 4.78 is 44.0. The predicted molar refractivity (Wildman–Crippen MR) is 107 cm³/mol. The zero-order valence-corrected chi connectivity index (χ0v) is 16.5. The van der Waals surface area contributed by atoms with Crippen LogP contribution in [0.4, 0.5) is 5.69 Å². The Kier molecular flexibility index (Phi) is 5.70. The molecule has 0 aliphatic carbocycles. The van der Waals surface area contributed by atoms with Crippen LogP contribution in [0.3, 0.4) is 0 Å². The number of hydrogen-bond acceptors (Lipinski definition) is 6. The normalized spacial score (nSPS) is 11.0. The van der Waals surface area contributed by atoms with Crippen molar-refractivity contribution in [2.24, 2.45) is 0 Å². The van der Waals surface area contributed by atoms with Crippen molar-refractivity contribution < 1.29 is 22.6 Å². The van der Waals surface area contributed by atoms with Crippen LogP contribution in [0.15, 0.2) is 65.7 Å². The number of anilines is 1. The van der Waals surface area contributed by atoms with E-state index in [1.165, 1.54) is 26.4 Å². The fraction of sp³-hybridized carbons (Fsp3) is 0.150. The van der Waals surface area contributed by atoms with E-state index in [2.05, 4.69) is 9.71 Å². The Balaban J connectivity index is 2.03. The maximum Gasteiger partial charge on any atom is 0.261 e. The molecule has 0 unspecified atom stereocenters. The summed E-state index contributed by atoms with van der Waals surface area (Å²) >= 11 is 0. The first-order chi connectivity index (χ1) is 13.5. The quantitative estimate of drug-likeness (QED) is 0.652. The van der Waals surface area contributed by atoms with E-state index in [0.29, 0.717) is 34.2 Å². The van der Waals surface area contributed by atoms with Gasteiger partial charge in [0.1, 0.15) is 17.2 Å². The van der Waals surface area contributed by atoms with Crippen LogP contribution in [0.1, 0.15) is 0 Å². The number of ether oxygens (including phenoxy) is 3. The van der Waals surface area contributed by atoms with Crippen molar-refractivity contribution in [1.82, 2.24) is 4.98 Å². The van der Waals surface area contributed by atoms with Crippen LogP contribution >= 0.6 is 0 Å². The van der Waals surface area contributed by atoms with Crippen LogP contribution in [0.5, 0.6) is 17.2 Å². The van der Waals surface area contributed by atoms with Crippen LogP contribution < -0.4 is 18.9 Å². The first-order valence-corrected chi connectivity index (χ1v) is 9.81. The monoisotopic (exact) mass is 400 g/mol. The molecule has 146 valence electrons. The largest absolute Gasteiger partial charge is 0.497 e. The molecule has 0 aliphatic heterocycles. The zero-order chi connectivity index (χ0) is 20.1. The number of methoxy groups -OCH3 is 3. The van der Waals surface area contributed by atoms with E-state index in [-0.39, 0.29) is 4.90 Å². The minimum Gasteiger partial charge on any atom is -0.497 e. The minimum absolute atomic E-state index is 0.112. The van der Waals surface area contributed by atoms with Gasteiger partial charge < -0.3 is 14.2 Å². The lowest BCUT2D eigenvalue weighted by Crippen LogP contribution is -2.14. The Morgan fingerprint density at radius 3 is 2.18 bits per heavy atom. The van der Waals surface area contributed by atoms with Crippen molar-refractivity contribution in [2.45, 2.75) is 4.90 Å². The molecule has 1 heterocycles. The summed E-state index contributed by atoms with van der Waals surface area (Å²) in [6.07, 6.45) is 1.58. The lowest BCUT2D eigenvalue weighted by atomic mass is 10.1. The van der Waals surface area contributed by atoms with E-state index in [1.54, 1.807) is 55.8 Å². The van der Waals surface area contributed by atoms with Crippen LogP contribution in [0.2, 0.25) is 0 Å². The molecule has 7 nitrogen and oxygen atoms in total. The Labute approximate surface area is 164 Å². The highest BCUT2D eigenvalue weighted by Gasteiger charge is 2.19. The fourth-order valence-electron chi connectivity index (χ4n) is 2.66. The lowest BCUT2D eigenvalue weighted by Gasteiger charge is -2.15. The summed E-state index contributed by atoms with van der Waals surface area (Å²) in [6, 6.07) is 14.7. The van der Waals surface area contributed by atoms with Gasteiger partial charge >= 0.3 is 0 Å². The van der Waals surface area contributed by atoms with E-state index in [1.807, 2.05) is 0 Å². The Morgan fingerprint density at radius 1 is 0.857 bits per heavy atom. The third-order valence-electron chi connectivity index (χ3n) is 4.08. The number of hydrogen-bond donors (Lipinski definition) is 1. The number of benzene rings is 2. The number of aromatic nitrogens is 1. The molecule has 3 rings (SSSR count). The summed E-state index contributed by atoms with van der Waals surface area (Å²) in [6.45, 7) is 0. The van der Waals surface area contributed by atoms with Crippen molar-refractivity contribution in [3.8, 4) is 28.5 Å². The average molecular weight is 400 g/mol. The number of rotatable bonds is 7. The molecule has 1 aromatic heterocycles. The summed E-state index contributed by atoms with van der Waals surface area (Å²) in [7, 11) is 0.787. The van der Waals surface area contributed by atoms with Gasteiger partial charge in [-0.2, -0.15) is 0 Å². The molecule has 0 spiro atoms. The third kappa shape index (κ3) is 4.01. The Morgan fingerprint density at radius 2 is 1.54 bits per heavy atom. The average Bonchev–Trinajstić information content (AvgIpc) is 2.73. The summed E-state index contributed by atoms with van der Waals surface area (Å²) in [5.74, 6) is 1.72. The van der Waals surface area contributed by atoms with Gasteiger partial charge in [-0.3, -0.25) is 9.71 Å². The van der Waals surface area contributed by atoms with Crippen molar-refractivity contribution in [2.75, 3.05) is 26.1 Å². The van der Waals surface area contributed by atoms with Crippen LogP contribution in [0, 0.1) is 0 Å². The molecular formula is C20H20N2O5S. The molecule has 0 saturated carbocycles. The first-order valence-electron chi connectivity index (χ1n) is 8.33. The highest BCUT2D eigenvalue weighted by atomic mass is 32.2. The standard InChI is InChI=1S/C20H20N2O5S/c1-25-14-6-9-16(10-7-14)28(23,24)22-18-5-4-12-21-20(18)17-13-15(26-2)8-11-19(17)27-3/h4-13,22H,1-3H3. The molecule has 8 heteroatoms. The molecule has 1 N–H and O–H groups in total. The molecule has 28 heavy (non-hydrogen) atoms. The molecule has 0 fully saturated rings. The molecule has 3 aromatic rings. The van der Waals surface area contributed by atoms with Gasteiger partial charge in [0.2, 0.25) is 0 Å². The van der Waals surface area contributed by atoms with Gasteiger partial charge in [-0.25, -0.2) is 8.42 Å². The van der Waals surface area contributed by atoms with E-state index < -0.39 is 10.0 Å². The Hall–Kier alpha value is -3.26. The smallest absolute Gasteiger partial charge is 0.261 e. The van der Waals surface area contributed by atoms with Gasteiger partial charge in [0, 0.05) is 11.8 Å². The zero-order valence-electron chi connectivity index (χ0n) is 15.7. The molecular weight excluding hydrogens is 380 g/mol. The summed E-state index contributed by atoms with van der Waals surface area (Å²) in [5, 5.41) is 0. The first kappa shape index (κ1) is 19.5. The van der Waals surface area contributed by atoms with Gasteiger partial charge in [-0.15, -0.1) is 0 Å². The van der Waals surface area contributed by atoms with Gasteiger partial charge in [0.15, 0.2) is 0 Å². The van der Waals surface area contributed by atoms with Crippen LogP contribution in [0.25, 0.3) is 11.3 Å². The second-order valence-corrected chi connectivity index (χ2v) is 7.43. The maximum absolute atomic E-state index is 12.8. The Bertz CT molecular complexity index is 1070. The van der Waals surface area contributed by atoms with E-state index in [4.69, 9.17) is 14.2 Å². The summed E-state index contributed by atoms with van der Waals surface area (Å²) in [5.41, 5.74) is 1.36. The topological polar surface area (TPSA) is 86.8 Å². The van der Waals surface area contributed by atoms with Crippen LogP contribution in [-0.4, -0.2) is 34.7 Å². The van der Waals surface area contributed by atoms with E-state index in [0.717, 1.165) is 0 Å². The third-order valence-corrected chi connectivity index (χ3v) is 5.46. The number of pyridine rings is 1. The molecule has 0 amide bonds. The van der Waals surface area contributed by atoms with Crippen molar-refractivity contribution in [3.05, 3.63) is 60.8 Å². The van der Waals surface area contributed by atoms with E-state index in [9.17, 15) is 8.42 Å². The molecule has 2 aromatic carbocycles. The van der Waals surface area contributed by atoms with Gasteiger partial charge in [-0.1, -0.05) is 0 Å². The second-order valence-electron chi connectivity index (χ2n) is 5.75. The van der Waals surface area contributed by atoms with Crippen molar-refractivity contribution in [3.63, 3.8) is 0 Å². The van der Waals surface area contributed by atoms with Crippen LogP contribution in [-0.2, 0) is 10.0 Å². The fourth-order valence-corrected chi connectivity index (χ4v) is 3.73. The SMILES string of the molecule is COc1ccc(S(=O)(=O)Nc2cccnc2-c2cc(OC)ccc2OC)cc1. The van der Waals surface area contributed by atoms with E-state index >= 15 is 0 Å². The minimum atomic E-state index is -3.82. The number of nitrogens with zero attached hydrogens (tertiary/aromatic N) is 1. The lowest BCUT2D eigenvalue weighted by molar-refractivity contribution is 0.404. The van der Waals surface area contributed by atoms with Crippen molar-refractivity contribution >= 4 is 15.7 Å². The number of nitrogens with one attached hydrogen (secondary N) is 1. The molecule has 0 atom stereocenters. The second kappa shape index (κ2) is 8.18. The van der Waals surface area contributed by atoms with Gasteiger partial charge in [0.05, 0.1) is 37.6 Å². The maximum atomic E-state index is 12.8. The molecule has 0 aliphatic rings. The summed E-state index contributed by atoms with van der Waals surface area (Å²) in [4.78, 5) is 4.47. The number of sulfonamides is 1. The van der Waals surface area contributed by atoms with Gasteiger partial charge in [-0.05, 0) is 54.6 Å². The highest BCUT2D eigenvalue weighted by Crippen LogP contribution is 2.36. The molecule has 0 radical (unpaired) electrons. The molecule has 0 saturated heterocycles. The molecule has 0 bridgehead atoms.